The van der Waals surface area contributed by atoms with E-state index in [-0.39, 0.29) is 18.5 Å². The Kier molecular flexibility index (Phi) is 47.2. The van der Waals surface area contributed by atoms with Gasteiger partial charge in [-0.2, -0.15) is 0 Å². The van der Waals surface area contributed by atoms with Crippen molar-refractivity contribution < 1.29 is 24.5 Å². The highest BCUT2D eigenvalue weighted by molar-refractivity contribution is 5.76. The van der Waals surface area contributed by atoms with Crippen LogP contribution in [0.25, 0.3) is 0 Å². The first-order valence-corrected chi connectivity index (χ1v) is 25.8. The molecule has 0 aliphatic carbocycles. The molecule has 0 saturated heterocycles. The summed E-state index contributed by atoms with van der Waals surface area (Å²) in [4.78, 5) is 24.4. The molecule has 6 heteroatoms. The summed E-state index contributed by atoms with van der Waals surface area (Å²) in [6, 6.07) is -0.637. The maximum absolute atomic E-state index is 12.4. The molecule has 0 aromatic heterocycles. The standard InChI is InChI=1S/C53H99NO5/c1-3-5-7-9-11-13-15-25-29-33-37-41-45-51(56)50(49-55)54-52(57)46-42-38-34-30-26-23-21-19-17-18-20-22-24-28-32-36-40-44-48-59-53(58)47-43-39-35-31-27-16-14-12-10-8-6-4-2/h12,14,19,21,41,45,50-51,55-56H,3-11,13,15-18,20,22-40,42-44,46-49H2,1-2H3,(H,54,57)/b14-12-,21-19-,45-41+. The number of allylic oxidation sites excluding steroid dienone is 5. The number of ether oxygens (including phenoxy) is 1. The molecule has 0 fully saturated rings. The number of hydrogen-bond acceptors (Lipinski definition) is 5. The third-order valence-electron chi connectivity index (χ3n) is 11.6. The lowest BCUT2D eigenvalue weighted by atomic mass is 10.1. The average molecular weight is 830 g/mol. The largest absolute Gasteiger partial charge is 0.466 e. The van der Waals surface area contributed by atoms with Crippen molar-refractivity contribution in [1.29, 1.82) is 0 Å². The van der Waals surface area contributed by atoms with E-state index in [0.717, 1.165) is 64.2 Å². The molecule has 0 saturated carbocycles. The second-order valence-electron chi connectivity index (χ2n) is 17.5. The average Bonchev–Trinajstić information content (AvgIpc) is 3.24. The number of aliphatic hydroxyl groups is 2. The van der Waals surface area contributed by atoms with Crippen molar-refractivity contribution in [2.75, 3.05) is 13.2 Å². The lowest BCUT2D eigenvalue weighted by Gasteiger charge is -2.20. The van der Waals surface area contributed by atoms with Gasteiger partial charge in [0.25, 0.3) is 0 Å². The number of hydrogen-bond donors (Lipinski definition) is 3. The molecule has 59 heavy (non-hydrogen) atoms. The SMILES string of the molecule is CCCCC/C=C\CCCCCCCC(=O)OCCCCCCCCCCC/C=C\CCCCCCCC(=O)NC(CO)C(O)/C=C/CCCCCCCCCCCC. The highest BCUT2D eigenvalue weighted by atomic mass is 16.5. The summed E-state index contributed by atoms with van der Waals surface area (Å²) in [5, 5.41) is 23.0. The predicted octanol–water partition coefficient (Wildman–Crippen LogP) is 15.3. The number of unbranched alkanes of at least 4 members (excludes halogenated alkanes) is 32. The zero-order chi connectivity index (χ0) is 43.0. The highest BCUT2D eigenvalue weighted by Crippen LogP contribution is 2.15. The summed E-state index contributed by atoms with van der Waals surface area (Å²) in [6.45, 7) is 4.84. The Labute approximate surface area is 366 Å². The molecule has 0 aliphatic heterocycles. The van der Waals surface area contributed by atoms with E-state index >= 15 is 0 Å². The van der Waals surface area contributed by atoms with Gasteiger partial charge in [0.05, 0.1) is 25.4 Å². The molecule has 0 spiro atoms. The van der Waals surface area contributed by atoms with Crippen LogP contribution in [0.3, 0.4) is 0 Å². The van der Waals surface area contributed by atoms with Gasteiger partial charge in [-0.05, 0) is 83.5 Å². The fourth-order valence-corrected chi connectivity index (χ4v) is 7.62. The van der Waals surface area contributed by atoms with E-state index in [1.165, 1.54) is 173 Å². The van der Waals surface area contributed by atoms with Gasteiger partial charge >= 0.3 is 5.97 Å². The van der Waals surface area contributed by atoms with Gasteiger partial charge in [0.2, 0.25) is 5.91 Å². The number of carbonyl (C=O) groups is 2. The van der Waals surface area contributed by atoms with Crippen LogP contribution in [0.2, 0.25) is 0 Å². The Bertz CT molecular complexity index is 962. The minimum absolute atomic E-state index is 0.00880. The minimum Gasteiger partial charge on any atom is -0.466 e. The maximum atomic E-state index is 12.4. The van der Waals surface area contributed by atoms with E-state index in [2.05, 4.69) is 43.5 Å². The quantitative estimate of drug-likeness (QED) is 0.0323. The number of esters is 1. The molecule has 6 nitrogen and oxygen atoms in total. The van der Waals surface area contributed by atoms with Crippen molar-refractivity contribution in [2.24, 2.45) is 0 Å². The first kappa shape index (κ1) is 57.1. The van der Waals surface area contributed by atoms with E-state index in [1.54, 1.807) is 6.08 Å². The van der Waals surface area contributed by atoms with E-state index < -0.39 is 12.1 Å². The third kappa shape index (κ3) is 45.4. The van der Waals surface area contributed by atoms with Gasteiger partial charge in [-0.1, -0.05) is 204 Å². The van der Waals surface area contributed by atoms with Crippen molar-refractivity contribution >= 4 is 11.9 Å². The molecule has 0 aromatic carbocycles. The predicted molar refractivity (Wildman–Crippen MR) is 255 cm³/mol. The summed E-state index contributed by atoms with van der Waals surface area (Å²) >= 11 is 0. The van der Waals surface area contributed by atoms with Crippen LogP contribution in [0.1, 0.15) is 264 Å². The first-order valence-electron chi connectivity index (χ1n) is 25.8. The lowest BCUT2D eigenvalue weighted by Crippen LogP contribution is -2.45. The minimum atomic E-state index is -0.852. The number of amides is 1. The fourth-order valence-electron chi connectivity index (χ4n) is 7.62. The van der Waals surface area contributed by atoms with Crippen molar-refractivity contribution in [3.63, 3.8) is 0 Å². The third-order valence-corrected chi connectivity index (χ3v) is 11.6. The van der Waals surface area contributed by atoms with Crippen molar-refractivity contribution in [2.45, 2.75) is 276 Å². The van der Waals surface area contributed by atoms with E-state index in [0.29, 0.717) is 19.4 Å². The number of rotatable bonds is 47. The molecule has 2 unspecified atom stereocenters. The van der Waals surface area contributed by atoms with Crippen LogP contribution in [0.15, 0.2) is 36.5 Å². The molecule has 1 amide bonds. The molecular weight excluding hydrogens is 731 g/mol. The van der Waals surface area contributed by atoms with Crippen LogP contribution in [-0.4, -0.2) is 47.4 Å². The van der Waals surface area contributed by atoms with Gasteiger partial charge in [0.15, 0.2) is 0 Å². The molecule has 2 atom stereocenters. The van der Waals surface area contributed by atoms with Crippen LogP contribution in [0.5, 0.6) is 0 Å². The highest BCUT2D eigenvalue weighted by Gasteiger charge is 2.18. The van der Waals surface area contributed by atoms with Crippen molar-refractivity contribution in [3.05, 3.63) is 36.5 Å². The summed E-state index contributed by atoms with van der Waals surface area (Å²) in [6.07, 6.45) is 58.6. The number of carbonyl (C=O) groups excluding carboxylic acids is 2. The number of nitrogens with one attached hydrogen (secondary N) is 1. The van der Waals surface area contributed by atoms with Gasteiger partial charge in [0, 0.05) is 12.8 Å². The lowest BCUT2D eigenvalue weighted by molar-refractivity contribution is -0.143. The van der Waals surface area contributed by atoms with Crippen molar-refractivity contribution in [3.8, 4) is 0 Å². The van der Waals surface area contributed by atoms with Gasteiger partial charge < -0.3 is 20.3 Å². The molecular formula is C53H99NO5. The summed E-state index contributed by atoms with van der Waals surface area (Å²) in [5.74, 6) is -0.0929. The molecule has 346 valence electrons. The molecule has 0 rings (SSSR count). The van der Waals surface area contributed by atoms with Crippen LogP contribution in [-0.2, 0) is 14.3 Å². The second kappa shape index (κ2) is 48.7. The summed E-state index contributed by atoms with van der Waals surface area (Å²) in [5.41, 5.74) is 0. The van der Waals surface area contributed by atoms with Crippen LogP contribution >= 0.6 is 0 Å². The smallest absolute Gasteiger partial charge is 0.305 e. The Balaban J connectivity index is 3.49. The van der Waals surface area contributed by atoms with E-state index in [9.17, 15) is 19.8 Å². The molecule has 0 heterocycles. The zero-order valence-electron chi connectivity index (χ0n) is 39.2. The maximum Gasteiger partial charge on any atom is 0.305 e. The summed E-state index contributed by atoms with van der Waals surface area (Å²) in [7, 11) is 0. The Morgan fingerprint density at radius 2 is 0.797 bits per heavy atom. The second-order valence-corrected chi connectivity index (χ2v) is 17.5. The van der Waals surface area contributed by atoms with E-state index in [1.807, 2.05) is 6.08 Å². The molecule has 0 radical (unpaired) electrons. The normalized spacial score (nSPS) is 12.9. The van der Waals surface area contributed by atoms with Gasteiger partial charge in [-0.3, -0.25) is 9.59 Å². The molecule has 0 aromatic rings. The fraction of sp³-hybridized carbons (Fsp3) is 0.849. The monoisotopic (exact) mass is 830 g/mol. The molecule has 3 N–H and O–H groups in total. The van der Waals surface area contributed by atoms with Crippen LogP contribution in [0, 0.1) is 0 Å². The zero-order valence-corrected chi connectivity index (χ0v) is 39.2. The van der Waals surface area contributed by atoms with Crippen molar-refractivity contribution in [1.82, 2.24) is 5.32 Å². The van der Waals surface area contributed by atoms with Gasteiger partial charge in [-0.25, -0.2) is 0 Å². The Morgan fingerprint density at radius 1 is 0.458 bits per heavy atom. The summed E-state index contributed by atoms with van der Waals surface area (Å²) < 4.78 is 5.45. The van der Waals surface area contributed by atoms with Crippen LogP contribution < -0.4 is 5.32 Å². The van der Waals surface area contributed by atoms with E-state index in [4.69, 9.17) is 4.74 Å². The Morgan fingerprint density at radius 3 is 1.24 bits per heavy atom. The van der Waals surface area contributed by atoms with Crippen LogP contribution in [0.4, 0.5) is 0 Å². The number of aliphatic hydroxyl groups excluding tert-OH is 2. The topological polar surface area (TPSA) is 95.9 Å². The molecule has 0 aliphatic rings. The Hall–Kier alpha value is -1.92. The van der Waals surface area contributed by atoms with Gasteiger partial charge in [-0.15, -0.1) is 0 Å². The molecule has 0 bridgehead atoms. The van der Waals surface area contributed by atoms with Gasteiger partial charge in [0.1, 0.15) is 0 Å². The first-order chi connectivity index (χ1) is 29.0.